The van der Waals surface area contributed by atoms with Crippen LogP contribution in [0.5, 0.6) is 0 Å². The Hall–Kier alpha value is -4.36. The van der Waals surface area contributed by atoms with Gasteiger partial charge < -0.3 is 5.73 Å². The molecule has 3 rings (SSSR count). The maximum Gasteiger partial charge on any atom is 0.294 e. The van der Waals surface area contributed by atoms with Crippen LogP contribution in [0.4, 0.5) is 5.69 Å². The first-order valence-electron chi connectivity index (χ1n) is 14.4. The van der Waals surface area contributed by atoms with Gasteiger partial charge in [0.15, 0.2) is 0 Å². The molecule has 242 valence electrons. The van der Waals surface area contributed by atoms with E-state index < -0.39 is 45.7 Å². The van der Waals surface area contributed by atoms with Crippen LogP contribution in [0.25, 0.3) is 6.08 Å². The van der Waals surface area contributed by atoms with Gasteiger partial charge in [-0.15, -0.1) is 0 Å². The average Bonchev–Trinajstić information content (AvgIpc) is 3.01. The Morgan fingerprint density at radius 2 is 1.42 bits per heavy atom. The first-order chi connectivity index (χ1) is 21.2. The summed E-state index contributed by atoms with van der Waals surface area (Å²) in [5, 5.41) is 10.5. The van der Waals surface area contributed by atoms with E-state index in [1.807, 2.05) is 57.2 Å². The molecule has 0 radical (unpaired) electrons. The minimum atomic E-state index is -4.02. The largest absolute Gasteiger partial charge is 0.320 e. The van der Waals surface area contributed by atoms with Crippen molar-refractivity contribution in [3.63, 3.8) is 0 Å². The van der Waals surface area contributed by atoms with E-state index in [9.17, 15) is 28.0 Å². The van der Waals surface area contributed by atoms with Gasteiger partial charge in [0.1, 0.15) is 0 Å². The van der Waals surface area contributed by atoms with E-state index in [-0.39, 0.29) is 17.2 Å². The van der Waals surface area contributed by atoms with Gasteiger partial charge in [-0.05, 0) is 62.4 Å². The zero-order chi connectivity index (χ0) is 33.6. The van der Waals surface area contributed by atoms with Gasteiger partial charge >= 0.3 is 0 Å². The molecule has 0 unspecified atom stereocenters. The zero-order valence-corrected chi connectivity index (χ0v) is 26.6. The van der Waals surface area contributed by atoms with E-state index in [0.29, 0.717) is 12.1 Å². The molecule has 0 bridgehead atoms. The van der Waals surface area contributed by atoms with Gasteiger partial charge in [-0.1, -0.05) is 92.2 Å². The summed E-state index contributed by atoms with van der Waals surface area (Å²) in [6.07, 6.45) is 4.26. The molecule has 3 amide bonds. The number of carbonyl (C=O) groups is 3. The number of para-hydroxylation sites is 1. The number of carbonyl (C=O) groups excluding carboxylic acids is 3. The maximum absolute atomic E-state index is 13.5. The quantitative estimate of drug-likeness (QED) is 0.115. The molecule has 3 aromatic carbocycles. The number of aryl methyl sites for hydroxylation is 1. The molecule has 0 aromatic heterocycles. The Morgan fingerprint density at radius 3 is 1.91 bits per heavy atom. The number of amides is 3. The standard InChI is InChI=1S/C26H34N4O4.C7H8O3S/c1-18(2)17-23(22(25(32)29-34)16-10-13-20-11-6-4-7-12-20)24(31)28-30(26(33)19(3)27)21-14-8-5-9-15-21;1-6-2-4-7(5-3-6)11(8,9)10/h4-15,18-19,22-23,34H,16-17,27H2,1-3H3,(H,28,31)(H,29,32);2-5H,1H3,(H,8,9,10)/b13-10+;/t19-,22+,23-;/m1./s1. The summed E-state index contributed by atoms with van der Waals surface area (Å²) in [6, 6.07) is 23.3. The number of allylic oxidation sites excluding steroid dienone is 1. The Morgan fingerprint density at radius 1 is 0.867 bits per heavy atom. The molecule has 45 heavy (non-hydrogen) atoms. The molecule has 0 heterocycles. The third-order valence-corrected chi connectivity index (χ3v) is 7.53. The SMILES string of the molecule is CC(C)C[C@@H](C(=O)NN(C(=O)[C@@H](C)N)c1ccccc1)[C@H](C/C=C/c1ccccc1)C(=O)NO.Cc1ccc(S(=O)(=O)O)cc1. The highest BCUT2D eigenvalue weighted by Crippen LogP contribution is 2.26. The number of rotatable bonds is 11. The molecule has 0 aliphatic carbocycles. The van der Waals surface area contributed by atoms with Crippen LogP contribution in [-0.4, -0.2) is 41.9 Å². The van der Waals surface area contributed by atoms with Crippen molar-refractivity contribution in [2.45, 2.75) is 51.5 Å². The second-order valence-corrected chi connectivity index (χ2v) is 12.4. The lowest BCUT2D eigenvalue weighted by atomic mass is 9.82. The van der Waals surface area contributed by atoms with Crippen molar-refractivity contribution in [1.82, 2.24) is 10.9 Å². The number of anilines is 1. The summed E-state index contributed by atoms with van der Waals surface area (Å²) >= 11 is 0. The summed E-state index contributed by atoms with van der Waals surface area (Å²) in [5.41, 5.74) is 12.5. The number of hydrazine groups is 1. The fourth-order valence-electron chi connectivity index (χ4n) is 4.34. The third kappa shape index (κ3) is 12.3. The minimum Gasteiger partial charge on any atom is -0.320 e. The molecular formula is C33H42N4O7S. The fraction of sp³-hybridized carbons (Fsp3) is 0.303. The van der Waals surface area contributed by atoms with Crippen LogP contribution in [0.2, 0.25) is 0 Å². The normalized spacial score (nSPS) is 13.2. The van der Waals surface area contributed by atoms with E-state index in [4.69, 9.17) is 10.3 Å². The monoisotopic (exact) mass is 638 g/mol. The molecule has 12 heteroatoms. The lowest BCUT2D eigenvalue weighted by molar-refractivity contribution is -0.141. The fourth-order valence-corrected chi connectivity index (χ4v) is 4.82. The molecule has 0 fully saturated rings. The number of nitrogens with one attached hydrogen (secondary N) is 2. The minimum absolute atomic E-state index is 0.0666. The summed E-state index contributed by atoms with van der Waals surface area (Å²) in [4.78, 5) is 38.8. The van der Waals surface area contributed by atoms with Crippen LogP contribution >= 0.6 is 0 Å². The maximum atomic E-state index is 13.5. The van der Waals surface area contributed by atoms with Crippen molar-refractivity contribution < 1.29 is 32.6 Å². The van der Waals surface area contributed by atoms with Crippen LogP contribution in [0, 0.1) is 24.7 Å². The zero-order valence-electron chi connectivity index (χ0n) is 25.8. The molecule has 3 aromatic rings. The molecule has 3 atom stereocenters. The van der Waals surface area contributed by atoms with E-state index >= 15 is 0 Å². The molecule has 0 saturated carbocycles. The number of nitrogens with two attached hydrogens (primary N) is 1. The molecule has 6 N–H and O–H groups in total. The lowest BCUT2D eigenvalue weighted by Crippen LogP contribution is -2.55. The van der Waals surface area contributed by atoms with Crippen molar-refractivity contribution in [1.29, 1.82) is 0 Å². The van der Waals surface area contributed by atoms with Crippen molar-refractivity contribution in [3.8, 4) is 0 Å². The van der Waals surface area contributed by atoms with E-state index in [2.05, 4.69) is 5.43 Å². The van der Waals surface area contributed by atoms with E-state index in [1.54, 1.807) is 54.0 Å². The van der Waals surface area contributed by atoms with Crippen molar-refractivity contribution in [2.75, 3.05) is 5.01 Å². The van der Waals surface area contributed by atoms with Crippen LogP contribution in [0.3, 0.4) is 0 Å². The van der Waals surface area contributed by atoms with Crippen molar-refractivity contribution >= 4 is 39.6 Å². The molecule has 0 saturated heterocycles. The number of hydrogen-bond acceptors (Lipinski definition) is 7. The molecule has 11 nitrogen and oxygen atoms in total. The van der Waals surface area contributed by atoms with E-state index in [1.165, 1.54) is 19.1 Å². The second kappa shape index (κ2) is 17.8. The van der Waals surface area contributed by atoms with Crippen molar-refractivity contribution in [3.05, 3.63) is 102 Å². The van der Waals surface area contributed by atoms with Crippen LogP contribution in [0.15, 0.2) is 95.9 Å². The summed E-state index contributed by atoms with van der Waals surface area (Å²) in [6.45, 7) is 7.26. The van der Waals surface area contributed by atoms with Crippen LogP contribution in [-0.2, 0) is 24.5 Å². The van der Waals surface area contributed by atoms with Gasteiger partial charge in [-0.3, -0.25) is 29.6 Å². The molecule has 0 spiro atoms. The highest BCUT2D eigenvalue weighted by molar-refractivity contribution is 7.85. The smallest absolute Gasteiger partial charge is 0.294 e. The Labute approximate surface area is 264 Å². The Kier molecular flexibility index (Phi) is 14.6. The highest BCUT2D eigenvalue weighted by Gasteiger charge is 2.35. The number of benzene rings is 3. The molecular weight excluding hydrogens is 596 g/mol. The summed E-state index contributed by atoms with van der Waals surface area (Å²) in [7, 11) is -4.02. The number of hydrogen-bond donors (Lipinski definition) is 5. The molecule has 0 aliphatic rings. The predicted octanol–water partition coefficient (Wildman–Crippen LogP) is 4.53. The third-order valence-electron chi connectivity index (χ3n) is 6.66. The highest BCUT2D eigenvalue weighted by atomic mass is 32.2. The van der Waals surface area contributed by atoms with Crippen molar-refractivity contribution in [2.24, 2.45) is 23.5 Å². The predicted molar refractivity (Wildman–Crippen MR) is 173 cm³/mol. The summed E-state index contributed by atoms with van der Waals surface area (Å²) < 4.78 is 29.6. The molecule has 0 aliphatic heterocycles. The average molecular weight is 639 g/mol. The van der Waals surface area contributed by atoms with E-state index in [0.717, 1.165) is 16.1 Å². The lowest BCUT2D eigenvalue weighted by Gasteiger charge is -2.30. The van der Waals surface area contributed by atoms with Crippen LogP contribution in [0.1, 0.15) is 44.7 Å². The van der Waals surface area contributed by atoms with Gasteiger partial charge in [0, 0.05) is 0 Å². The van der Waals surface area contributed by atoms with Gasteiger partial charge in [-0.2, -0.15) is 8.42 Å². The van der Waals surface area contributed by atoms with Crippen LogP contribution < -0.4 is 21.6 Å². The number of hydroxylamine groups is 1. The second-order valence-electron chi connectivity index (χ2n) is 10.9. The van der Waals surface area contributed by atoms with Gasteiger partial charge in [0.2, 0.25) is 11.8 Å². The van der Waals surface area contributed by atoms with Gasteiger partial charge in [0.25, 0.3) is 16.0 Å². The summed E-state index contributed by atoms with van der Waals surface area (Å²) in [5.74, 6) is -3.24. The topological polar surface area (TPSA) is 179 Å². The van der Waals surface area contributed by atoms with Gasteiger partial charge in [0.05, 0.1) is 28.5 Å². The van der Waals surface area contributed by atoms with Gasteiger partial charge in [-0.25, -0.2) is 10.5 Å². The Balaban J connectivity index is 0.000000537. The first kappa shape index (κ1) is 36.8. The number of nitrogens with zero attached hydrogens (tertiary/aromatic N) is 1. The first-order valence-corrected chi connectivity index (χ1v) is 15.8. The Bertz CT molecular complexity index is 1510.